The fraction of sp³-hybridized carbons (Fsp3) is 0.321. The lowest BCUT2D eigenvalue weighted by molar-refractivity contribution is -0.136. The second kappa shape index (κ2) is 9.63. The van der Waals surface area contributed by atoms with Crippen LogP contribution in [0.2, 0.25) is 0 Å². The molecule has 1 aliphatic carbocycles. The zero-order valence-corrected chi connectivity index (χ0v) is 21.4. The number of aromatic hydroxyl groups is 1. The molecule has 1 saturated carbocycles. The van der Waals surface area contributed by atoms with Crippen LogP contribution < -0.4 is 0 Å². The highest BCUT2D eigenvalue weighted by molar-refractivity contribution is 7.91. The highest BCUT2D eigenvalue weighted by Gasteiger charge is 2.33. The summed E-state index contributed by atoms with van der Waals surface area (Å²) in [5.74, 6) is -0.823. The van der Waals surface area contributed by atoms with Crippen molar-refractivity contribution in [1.82, 2.24) is 15.0 Å². The topological polar surface area (TPSA) is 122 Å². The second-order valence-corrected chi connectivity index (χ2v) is 11.9. The van der Waals surface area contributed by atoms with E-state index in [9.17, 15) is 23.4 Å². The van der Waals surface area contributed by atoms with Crippen LogP contribution in [0.25, 0.3) is 16.7 Å². The monoisotopic (exact) mass is 519 g/mol. The minimum atomic E-state index is -3.73. The van der Waals surface area contributed by atoms with Crippen LogP contribution in [0.5, 0.6) is 5.75 Å². The Balaban J connectivity index is 1.60. The van der Waals surface area contributed by atoms with Crippen molar-refractivity contribution in [3.05, 3.63) is 71.8 Å². The van der Waals surface area contributed by atoms with Crippen LogP contribution in [0.15, 0.2) is 70.5 Å². The molecule has 4 aromatic rings. The minimum absolute atomic E-state index is 0.0322. The summed E-state index contributed by atoms with van der Waals surface area (Å²) in [6.07, 6.45) is 5.42. The first-order valence-electron chi connectivity index (χ1n) is 12.4. The summed E-state index contributed by atoms with van der Waals surface area (Å²) < 4.78 is 26.2. The number of phenolic OH excluding ortho intramolecular Hbond substituents is 1. The van der Waals surface area contributed by atoms with E-state index in [1.54, 1.807) is 42.5 Å². The van der Waals surface area contributed by atoms with Gasteiger partial charge in [0.05, 0.1) is 9.79 Å². The number of hydrogen-bond acceptors (Lipinski definition) is 6. The Morgan fingerprint density at radius 1 is 0.946 bits per heavy atom. The molecule has 1 aromatic heterocycles. The lowest BCUT2D eigenvalue weighted by atomic mass is 9.70. The Hall–Kier alpha value is -3.72. The maximum Gasteiger partial charge on any atom is 0.303 e. The third-order valence-corrected chi connectivity index (χ3v) is 9.08. The molecule has 0 radical (unpaired) electrons. The Kier molecular flexibility index (Phi) is 6.49. The average Bonchev–Trinajstić information content (AvgIpc) is 3.32. The molecule has 9 heteroatoms. The number of carboxylic acid groups (broad SMARTS) is 1. The number of carbonyl (C=O) groups is 1. The molecule has 0 unspecified atom stereocenters. The molecule has 37 heavy (non-hydrogen) atoms. The van der Waals surface area contributed by atoms with Crippen molar-refractivity contribution in [2.45, 2.75) is 67.1 Å². The van der Waals surface area contributed by atoms with Crippen LogP contribution in [0.4, 0.5) is 0 Å². The highest BCUT2D eigenvalue weighted by Crippen LogP contribution is 2.45. The predicted molar refractivity (Wildman–Crippen MR) is 139 cm³/mol. The van der Waals surface area contributed by atoms with Crippen molar-refractivity contribution in [1.29, 1.82) is 0 Å². The first kappa shape index (κ1) is 25.0. The summed E-state index contributed by atoms with van der Waals surface area (Å²) in [5.41, 5.74) is 2.53. The predicted octanol–water partition coefficient (Wildman–Crippen LogP) is 5.20. The number of phenols is 1. The van der Waals surface area contributed by atoms with Gasteiger partial charge in [0.2, 0.25) is 9.84 Å². The van der Waals surface area contributed by atoms with E-state index in [1.165, 1.54) is 16.9 Å². The van der Waals surface area contributed by atoms with Crippen molar-refractivity contribution in [2.24, 2.45) is 0 Å². The summed E-state index contributed by atoms with van der Waals surface area (Å²) in [4.78, 5) is 12.9. The van der Waals surface area contributed by atoms with Crippen LogP contribution in [0, 0.1) is 0 Å². The summed E-state index contributed by atoms with van der Waals surface area (Å²) in [7, 11) is -3.73. The normalized spacial score (nSPS) is 15.6. The van der Waals surface area contributed by atoms with Gasteiger partial charge in [-0.3, -0.25) is 4.79 Å². The molecule has 1 fully saturated rings. The number of rotatable bonds is 7. The van der Waals surface area contributed by atoms with Crippen molar-refractivity contribution < 1.29 is 23.4 Å². The third-order valence-electron chi connectivity index (χ3n) is 7.32. The average molecular weight is 520 g/mol. The molecule has 5 rings (SSSR count). The number of aryl methyl sites for hydroxylation is 1. The highest BCUT2D eigenvalue weighted by atomic mass is 32.2. The molecule has 0 bridgehead atoms. The van der Waals surface area contributed by atoms with Crippen LogP contribution in [-0.2, 0) is 26.5 Å². The minimum Gasteiger partial charge on any atom is -0.505 e. The maximum absolute atomic E-state index is 13.1. The van der Waals surface area contributed by atoms with E-state index in [2.05, 4.69) is 17.1 Å². The zero-order chi connectivity index (χ0) is 26.2. The number of hydrogen-bond donors (Lipinski definition) is 2. The molecule has 192 valence electrons. The van der Waals surface area contributed by atoms with Crippen LogP contribution >= 0.6 is 0 Å². The molecule has 8 nitrogen and oxygen atoms in total. The number of aromatic nitrogens is 3. The first-order chi connectivity index (χ1) is 17.7. The van der Waals surface area contributed by atoms with Gasteiger partial charge >= 0.3 is 5.97 Å². The van der Waals surface area contributed by atoms with Gasteiger partial charge in [0.25, 0.3) is 0 Å². The zero-order valence-electron chi connectivity index (χ0n) is 20.6. The molecule has 3 aromatic carbocycles. The van der Waals surface area contributed by atoms with Crippen molar-refractivity contribution >= 4 is 26.8 Å². The van der Waals surface area contributed by atoms with E-state index in [-0.39, 0.29) is 27.4 Å². The third kappa shape index (κ3) is 4.83. The fourth-order valence-corrected chi connectivity index (χ4v) is 6.49. The number of fused-ring (bicyclic) bond motifs is 1. The summed E-state index contributed by atoms with van der Waals surface area (Å²) in [5, 5.41) is 29.7. The number of sulfone groups is 1. The van der Waals surface area contributed by atoms with Crippen molar-refractivity contribution in [3.8, 4) is 11.4 Å². The van der Waals surface area contributed by atoms with Crippen LogP contribution in [0.1, 0.15) is 56.6 Å². The molecule has 1 aliphatic rings. The SMILES string of the molecule is CC1(c2cc(CCC(=O)O)cc(-n3nc4ccc(S(=O)(=O)c5ccccc5)cc4n3)c2O)CCCCC1. The van der Waals surface area contributed by atoms with Gasteiger partial charge in [-0.05, 0) is 66.6 Å². The molecule has 0 saturated heterocycles. The molecular weight excluding hydrogens is 490 g/mol. The van der Waals surface area contributed by atoms with Gasteiger partial charge in [0.1, 0.15) is 22.5 Å². The number of carboxylic acids is 1. The van der Waals surface area contributed by atoms with E-state index in [4.69, 9.17) is 0 Å². The van der Waals surface area contributed by atoms with E-state index < -0.39 is 15.8 Å². The van der Waals surface area contributed by atoms with Gasteiger partial charge in [-0.25, -0.2) is 8.42 Å². The van der Waals surface area contributed by atoms with Gasteiger partial charge in [-0.15, -0.1) is 15.0 Å². The first-order valence-corrected chi connectivity index (χ1v) is 13.9. The van der Waals surface area contributed by atoms with Gasteiger partial charge in [0, 0.05) is 12.0 Å². The molecule has 0 amide bonds. The smallest absolute Gasteiger partial charge is 0.303 e. The molecule has 0 atom stereocenters. The maximum atomic E-state index is 13.1. The Morgan fingerprint density at radius 2 is 1.65 bits per heavy atom. The van der Waals surface area contributed by atoms with E-state index in [1.807, 2.05) is 6.07 Å². The van der Waals surface area contributed by atoms with E-state index in [0.29, 0.717) is 23.1 Å². The van der Waals surface area contributed by atoms with Gasteiger partial charge in [0.15, 0.2) is 0 Å². The van der Waals surface area contributed by atoms with E-state index in [0.717, 1.165) is 43.2 Å². The van der Waals surface area contributed by atoms with Crippen LogP contribution in [-0.4, -0.2) is 39.6 Å². The van der Waals surface area contributed by atoms with Gasteiger partial charge in [-0.2, -0.15) is 0 Å². The summed E-state index contributed by atoms with van der Waals surface area (Å²) in [6, 6.07) is 16.4. The summed E-state index contributed by atoms with van der Waals surface area (Å²) >= 11 is 0. The van der Waals surface area contributed by atoms with Crippen molar-refractivity contribution in [3.63, 3.8) is 0 Å². The fourth-order valence-electron chi connectivity index (χ4n) is 5.19. The Bertz CT molecular complexity index is 1570. The Labute approximate surface area is 215 Å². The Morgan fingerprint density at radius 3 is 2.35 bits per heavy atom. The number of aliphatic carboxylic acids is 1. The molecule has 0 spiro atoms. The summed E-state index contributed by atoms with van der Waals surface area (Å²) in [6.45, 7) is 2.14. The van der Waals surface area contributed by atoms with Gasteiger partial charge in [-0.1, -0.05) is 50.5 Å². The standard InChI is InChI=1S/C28H29N3O5S/c1-28(14-6-3-7-15-28)22-16-19(10-13-26(32)33)17-25(27(22)34)31-29-23-12-11-21(18-24(23)30-31)37(35,36)20-8-4-2-5-9-20/h2,4-5,8-9,11-12,16-18,34H,3,6-7,10,13-15H2,1H3,(H,32,33). The lowest BCUT2D eigenvalue weighted by Crippen LogP contribution is -2.26. The molecular formula is C28H29N3O5S. The second-order valence-electron chi connectivity index (χ2n) is 9.98. The largest absolute Gasteiger partial charge is 0.505 e. The van der Waals surface area contributed by atoms with Crippen LogP contribution in [0.3, 0.4) is 0 Å². The van der Waals surface area contributed by atoms with Gasteiger partial charge < -0.3 is 10.2 Å². The van der Waals surface area contributed by atoms with Crippen molar-refractivity contribution in [2.75, 3.05) is 0 Å². The number of benzene rings is 3. The molecule has 0 aliphatic heterocycles. The quantitative estimate of drug-likeness (QED) is 0.344. The number of nitrogens with zero attached hydrogens (tertiary/aromatic N) is 3. The van der Waals surface area contributed by atoms with E-state index >= 15 is 0 Å². The lowest BCUT2D eigenvalue weighted by Gasteiger charge is -2.35. The molecule has 2 N–H and O–H groups in total. The molecule has 1 heterocycles.